The van der Waals surface area contributed by atoms with Gasteiger partial charge >= 0.3 is 0 Å². The summed E-state index contributed by atoms with van der Waals surface area (Å²) in [6.07, 6.45) is 7.47. The first-order valence-corrected chi connectivity index (χ1v) is 4.67. The Balaban J connectivity index is 1.97. The van der Waals surface area contributed by atoms with Gasteiger partial charge in [0.2, 0.25) is 0 Å². The van der Waals surface area contributed by atoms with Gasteiger partial charge in [-0.1, -0.05) is 0 Å². The molecule has 0 saturated carbocycles. The first-order chi connectivity index (χ1) is 7.25. The molecule has 3 heterocycles. The summed E-state index contributed by atoms with van der Waals surface area (Å²) in [6.45, 7) is 0.990. The second-order valence-corrected chi connectivity index (χ2v) is 3.53. The molecule has 0 saturated heterocycles. The van der Waals surface area contributed by atoms with Crippen molar-refractivity contribution in [3.05, 3.63) is 35.7 Å². The van der Waals surface area contributed by atoms with Gasteiger partial charge in [-0.2, -0.15) is 0 Å². The number of carbonyl (C=O) groups excluding carboxylic acids is 1. The topological polar surface area (TPSA) is 59.0 Å². The molecule has 0 bridgehead atoms. The third-order valence-electron chi connectivity index (χ3n) is 2.57. The highest BCUT2D eigenvalue weighted by atomic mass is 16.4. The number of carboxylic acid groups (broad SMARTS) is 1. The zero-order valence-electron chi connectivity index (χ0n) is 7.88. The van der Waals surface area contributed by atoms with E-state index < -0.39 is 5.97 Å². The average molecular weight is 202 g/mol. The van der Waals surface area contributed by atoms with E-state index >= 15 is 0 Å². The summed E-state index contributed by atoms with van der Waals surface area (Å²) in [5, 5.41) is 14.6. The Morgan fingerprint density at radius 3 is 3.20 bits per heavy atom. The number of amidine groups is 1. The quantitative estimate of drug-likeness (QED) is 0.548. The lowest BCUT2D eigenvalue weighted by atomic mass is 10.1. The van der Waals surface area contributed by atoms with Crippen LogP contribution in [-0.2, 0) is 4.79 Å². The Hall–Kier alpha value is -2.04. The number of carboxylic acids is 1. The number of hydrogen-bond donors (Lipinski definition) is 0. The van der Waals surface area contributed by atoms with E-state index in [1.165, 1.54) is 0 Å². The highest BCUT2D eigenvalue weighted by molar-refractivity contribution is 6.06. The van der Waals surface area contributed by atoms with Crippen LogP contribution in [0.15, 0.2) is 40.7 Å². The molecule has 0 aromatic rings. The predicted molar refractivity (Wildman–Crippen MR) is 51.2 cm³/mol. The minimum atomic E-state index is -1.14. The molecule has 0 fully saturated rings. The summed E-state index contributed by atoms with van der Waals surface area (Å²) in [6, 6.07) is 0. The molecule has 0 aromatic heterocycles. The lowest BCUT2D eigenvalue weighted by Crippen LogP contribution is -2.33. The number of fused-ring (bicyclic) bond motifs is 3. The van der Waals surface area contributed by atoms with Crippen molar-refractivity contribution in [2.24, 2.45) is 4.99 Å². The average Bonchev–Trinajstić information content (AvgIpc) is 2.75. The molecule has 0 unspecified atom stereocenters. The second-order valence-electron chi connectivity index (χ2n) is 3.53. The molecule has 0 atom stereocenters. The number of hydrazine groups is 1. The van der Waals surface area contributed by atoms with E-state index in [2.05, 4.69) is 4.99 Å². The van der Waals surface area contributed by atoms with Gasteiger partial charge in [0.25, 0.3) is 0 Å². The highest BCUT2D eigenvalue weighted by Gasteiger charge is 2.29. The number of carbonyl (C=O) groups is 1. The molecule has 15 heavy (non-hydrogen) atoms. The normalized spacial score (nSPS) is 22.0. The van der Waals surface area contributed by atoms with Crippen LogP contribution in [0.3, 0.4) is 0 Å². The molecule has 5 nitrogen and oxygen atoms in total. The molecular formula is C10H8N3O2-. The van der Waals surface area contributed by atoms with Gasteiger partial charge in [-0.15, -0.1) is 0 Å². The molecular weight excluding hydrogens is 194 g/mol. The van der Waals surface area contributed by atoms with Crippen LogP contribution in [0.1, 0.15) is 0 Å². The SMILES string of the molecule is O=C([O-])C1=CC2=CN3CC=CN3C2=NC1. The molecule has 0 aromatic carbocycles. The molecule has 0 spiro atoms. The number of aliphatic carboxylic acids is 1. The fourth-order valence-electron chi connectivity index (χ4n) is 1.87. The summed E-state index contributed by atoms with van der Waals surface area (Å²) in [4.78, 5) is 14.9. The van der Waals surface area contributed by atoms with Crippen LogP contribution in [0.5, 0.6) is 0 Å². The Labute approximate surface area is 86.3 Å². The summed E-state index contributed by atoms with van der Waals surface area (Å²) >= 11 is 0. The predicted octanol–water partition coefficient (Wildman–Crippen LogP) is -0.981. The number of rotatable bonds is 1. The lowest BCUT2D eigenvalue weighted by Gasteiger charge is -2.22. The minimum Gasteiger partial charge on any atom is -0.545 e. The zero-order chi connectivity index (χ0) is 10.4. The van der Waals surface area contributed by atoms with Gasteiger partial charge < -0.3 is 9.90 Å². The van der Waals surface area contributed by atoms with E-state index in [1.807, 2.05) is 28.5 Å². The minimum absolute atomic E-state index is 0.188. The van der Waals surface area contributed by atoms with E-state index in [4.69, 9.17) is 0 Å². The van der Waals surface area contributed by atoms with Crippen molar-refractivity contribution in [2.45, 2.75) is 0 Å². The molecule has 3 rings (SSSR count). The molecule has 0 radical (unpaired) electrons. The number of hydrogen-bond acceptors (Lipinski definition) is 5. The van der Waals surface area contributed by atoms with Gasteiger partial charge in [0.1, 0.15) is 0 Å². The summed E-state index contributed by atoms with van der Waals surface area (Å²) in [7, 11) is 0. The van der Waals surface area contributed by atoms with E-state index in [-0.39, 0.29) is 12.1 Å². The van der Waals surface area contributed by atoms with Crippen molar-refractivity contribution in [1.82, 2.24) is 10.0 Å². The second kappa shape index (κ2) is 2.73. The molecule has 0 N–H and O–H groups in total. The van der Waals surface area contributed by atoms with Gasteiger partial charge in [-0.05, 0) is 17.7 Å². The van der Waals surface area contributed by atoms with Gasteiger partial charge in [-0.25, -0.2) is 5.01 Å². The number of nitrogens with zero attached hydrogens (tertiary/aromatic N) is 3. The van der Waals surface area contributed by atoms with E-state index in [9.17, 15) is 9.90 Å². The van der Waals surface area contributed by atoms with Crippen LogP contribution >= 0.6 is 0 Å². The van der Waals surface area contributed by atoms with Crippen molar-refractivity contribution in [2.75, 3.05) is 13.1 Å². The van der Waals surface area contributed by atoms with Gasteiger partial charge in [0, 0.05) is 18.0 Å². The summed E-state index contributed by atoms with van der Waals surface area (Å²) in [5.74, 6) is -0.329. The Morgan fingerprint density at radius 2 is 2.40 bits per heavy atom. The van der Waals surface area contributed by atoms with E-state index in [0.29, 0.717) is 0 Å². The summed E-state index contributed by atoms with van der Waals surface area (Å²) in [5.41, 5.74) is 1.07. The maximum absolute atomic E-state index is 10.7. The fourth-order valence-corrected chi connectivity index (χ4v) is 1.87. The third-order valence-corrected chi connectivity index (χ3v) is 2.57. The summed E-state index contributed by atoms with van der Waals surface area (Å²) < 4.78 is 0. The van der Waals surface area contributed by atoms with Crippen molar-refractivity contribution in [3.8, 4) is 0 Å². The molecule has 0 amide bonds. The number of dihydropyridines is 1. The van der Waals surface area contributed by atoms with Gasteiger partial charge in [0.05, 0.1) is 19.1 Å². The van der Waals surface area contributed by atoms with Crippen LogP contribution in [0.4, 0.5) is 0 Å². The van der Waals surface area contributed by atoms with Crippen molar-refractivity contribution >= 4 is 11.8 Å². The van der Waals surface area contributed by atoms with Crippen molar-refractivity contribution in [3.63, 3.8) is 0 Å². The molecule has 0 aliphatic carbocycles. The maximum atomic E-state index is 10.7. The first-order valence-electron chi connectivity index (χ1n) is 4.67. The molecule has 3 aliphatic heterocycles. The van der Waals surface area contributed by atoms with Crippen molar-refractivity contribution < 1.29 is 9.90 Å². The fraction of sp³-hybridized carbons (Fsp3) is 0.200. The Morgan fingerprint density at radius 1 is 1.53 bits per heavy atom. The van der Waals surface area contributed by atoms with Gasteiger partial charge in [0.15, 0.2) is 5.84 Å². The monoisotopic (exact) mass is 202 g/mol. The van der Waals surface area contributed by atoms with Crippen LogP contribution in [0.25, 0.3) is 0 Å². The van der Waals surface area contributed by atoms with Crippen molar-refractivity contribution in [1.29, 1.82) is 0 Å². The molecule has 76 valence electrons. The number of aliphatic imine (C=N–C) groups is 1. The standard InChI is InChI=1S/C10H9N3O2/c14-10(15)7-4-8-6-12-2-1-3-13(12)9(8)11-5-7/h1,3-4,6H,2,5H2,(H,14,15)/p-1. The smallest absolute Gasteiger partial charge is 0.156 e. The molecule has 3 aliphatic rings. The lowest BCUT2D eigenvalue weighted by molar-refractivity contribution is -0.299. The van der Waals surface area contributed by atoms with Crippen LogP contribution in [0.2, 0.25) is 0 Å². The first kappa shape index (κ1) is 8.28. The Kier molecular flexibility index (Phi) is 1.50. The van der Waals surface area contributed by atoms with E-state index in [1.54, 1.807) is 6.08 Å². The van der Waals surface area contributed by atoms with Crippen LogP contribution in [-0.4, -0.2) is 34.9 Å². The zero-order valence-corrected chi connectivity index (χ0v) is 7.88. The third kappa shape index (κ3) is 1.09. The van der Waals surface area contributed by atoms with Crippen LogP contribution < -0.4 is 5.11 Å². The largest absolute Gasteiger partial charge is 0.545 e. The maximum Gasteiger partial charge on any atom is 0.156 e. The highest BCUT2D eigenvalue weighted by Crippen LogP contribution is 2.26. The Bertz CT molecular complexity index is 459. The van der Waals surface area contributed by atoms with E-state index in [0.717, 1.165) is 18.0 Å². The van der Waals surface area contributed by atoms with Crippen LogP contribution in [0, 0.1) is 0 Å². The van der Waals surface area contributed by atoms with Gasteiger partial charge in [-0.3, -0.25) is 10.0 Å². The molecule has 5 heteroatoms.